The molecular weight excluding hydrogens is 511 g/mol. The van der Waals surface area contributed by atoms with Gasteiger partial charge in [-0.25, -0.2) is 8.78 Å². The van der Waals surface area contributed by atoms with Gasteiger partial charge >= 0.3 is 5.97 Å². The van der Waals surface area contributed by atoms with Gasteiger partial charge in [0.1, 0.15) is 18.2 Å². The molecule has 0 saturated carbocycles. The van der Waals surface area contributed by atoms with Gasteiger partial charge in [-0.1, -0.05) is 0 Å². The Morgan fingerprint density at radius 2 is 1.90 bits per heavy atom. The molecule has 0 spiro atoms. The molecule has 7 nitrogen and oxygen atoms in total. The van der Waals surface area contributed by atoms with Gasteiger partial charge in [0.05, 0.1) is 29.9 Å². The second-order valence-electron chi connectivity index (χ2n) is 10.2. The number of aryl methyl sites for hydroxylation is 1. The van der Waals surface area contributed by atoms with E-state index >= 15 is 0 Å². The molecule has 0 atom stereocenters. The summed E-state index contributed by atoms with van der Waals surface area (Å²) >= 11 is 0. The van der Waals surface area contributed by atoms with Gasteiger partial charge in [-0.15, -0.1) is 0 Å². The molecule has 0 radical (unpaired) electrons. The molecule has 2 heterocycles. The number of halogens is 3. The van der Waals surface area contributed by atoms with E-state index < -0.39 is 34.6 Å². The molecule has 4 rings (SSSR count). The maximum atomic E-state index is 13.8. The quantitative estimate of drug-likeness (QED) is 0.328. The Kier molecular flexibility index (Phi) is 8.84. The zero-order valence-corrected chi connectivity index (χ0v) is 22.5. The number of fused-ring (bicyclic) bond motifs is 1. The third-order valence-corrected chi connectivity index (χ3v) is 7.62. The number of aromatic nitrogens is 1. The number of likely N-dealkylation sites (tertiary alicyclic amines) is 1. The van der Waals surface area contributed by atoms with E-state index in [4.69, 9.17) is 9.47 Å². The van der Waals surface area contributed by atoms with Gasteiger partial charge in [0, 0.05) is 38.2 Å². The summed E-state index contributed by atoms with van der Waals surface area (Å²) in [5.41, 5.74) is 2.12. The summed E-state index contributed by atoms with van der Waals surface area (Å²) in [6, 6.07) is 7.05. The van der Waals surface area contributed by atoms with E-state index in [2.05, 4.69) is 4.98 Å². The van der Waals surface area contributed by atoms with Crippen LogP contribution in [0.25, 0.3) is 10.9 Å². The van der Waals surface area contributed by atoms with Crippen LogP contribution in [0.2, 0.25) is 0 Å². The second kappa shape index (κ2) is 12.1. The van der Waals surface area contributed by atoms with Crippen molar-refractivity contribution in [2.75, 3.05) is 52.3 Å². The summed E-state index contributed by atoms with van der Waals surface area (Å²) in [5.74, 6) is -3.97. The number of hydrogen-bond acceptors (Lipinski definition) is 6. The Bertz CT molecular complexity index is 1330. The van der Waals surface area contributed by atoms with E-state index in [1.807, 2.05) is 48.3 Å². The van der Waals surface area contributed by atoms with Crippen LogP contribution in [-0.4, -0.2) is 68.4 Å². The van der Waals surface area contributed by atoms with Crippen LogP contribution in [0.15, 0.2) is 36.5 Å². The van der Waals surface area contributed by atoms with E-state index in [0.29, 0.717) is 57.8 Å². The number of carbonyl (C=O) groups is 1. The minimum absolute atomic E-state index is 0.0335. The average Bonchev–Trinajstić information content (AvgIpc) is 2.91. The Morgan fingerprint density at radius 3 is 2.56 bits per heavy atom. The van der Waals surface area contributed by atoms with Gasteiger partial charge in [0.15, 0.2) is 11.6 Å². The van der Waals surface area contributed by atoms with Crippen LogP contribution in [0.4, 0.5) is 18.9 Å². The highest BCUT2D eigenvalue weighted by Crippen LogP contribution is 2.38. The normalized spacial score (nSPS) is 15.3. The predicted molar refractivity (Wildman–Crippen MR) is 143 cm³/mol. The van der Waals surface area contributed by atoms with Crippen molar-refractivity contribution in [3.8, 4) is 11.5 Å². The molecule has 0 aliphatic carbocycles. The molecule has 1 aliphatic heterocycles. The van der Waals surface area contributed by atoms with Crippen LogP contribution in [0.3, 0.4) is 0 Å². The van der Waals surface area contributed by atoms with Gasteiger partial charge < -0.3 is 19.5 Å². The van der Waals surface area contributed by atoms with E-state index in [-0.39, 0.29) is 6.61 Å². The number of carboxylic acid groups (broad SMARTS) is 1. The molecule has 1 aliphatic rings. The molecule has 3 aromatic rings. The standard InChI is InChI=1S/C29H34F3N3O4/c1-34(2)25-18-33-24-7-6-20(38-3)17-22(24)21(25)5-4-8-29(28(36)37)9-11-35(12-10-29)13-14-39-26-16-19(30)15-23(31)27(26)32/h6-7,15-18H,4-5,8-14H2,1-3H3,(H,36,37). The number of rotatable bonds is 11. The molecule has 10 heteroatoms. The number of anilines is 1. The van der Waals surface area contributed by atoms with Gasteiger partial charge in [-0.2, -0.15) is 4.39 Å². The lowest BCUT2D eigenvalue weighted by atomic mass is 9.74. The molecule has 210 valence electrons. The van der Waals surface area contributed by atoms with Crippen molar-refractivity contribution in [1.82, 2.24) is 9.88 Å². The van der Waals surface area contributed by atoms with Crippen molar-refractivity contribution >= 4 is 22.6 Å². The van der Waals surface area contributed by atoms with E-state index in [1.165, 1.54) is 0 Å². The zero-order valence-electron chi connectivity index (χ0n) is 22.5. The first-order valence-corrected chi connectivity index (χ1v) is 13.0. The van der Waals surface area contributed by atoms with Crippen molar-refractivity contribution in [1.29, 1.82) is 0 Å². The Balaban J connectivity index is 1.37. The van der Waals surface area contributed by atoms with Crippen LogP contribution in [0.5, 0.6) is 11.5 Å². The highest BCUT2D eigenvalue weighted by Gasteiger charge is 2.41. The van der Waals surface area contributed by atoms with Gasteiger partial charge in [-0.05, 0) is 69.0 Å². The summed E-state index contributed by atoms with van der Waals surface area (Å²) in [4.78, 5) is 21.0. The number of methoxy groups -OCH3 is 1. The number of benzene rings is 2. The topological polar surface area (TPSA) is 75.1 Å². The number of ether oxygens (including phenoxy) is 2. The number of piperidine rings is 1. The van der Waals surface area contributed by atoms with Crippen LogP contribution in [0.1, 0.15) is 31.2 Å². The summed E-state index contributed by atoms with van der Waals surface area (Å²) in [7, 11) is 5.55. The van der Waals surface area contributed by atoms with Crippen molar-refractivity contribution in [2.45, 2.75) is 32.1 Å². The van der Waals surface area contributed by atoms with Crippen LogP contribution in [0, 0.1) is 22.9 Å². The minimum atomic E-state index is -1.30. The lowest BCUT2D eigenvalue weighted by Crippen LogP contribution is -2.45. The van der Waals surface area contributed by atoms with Crippen molar-refractivity contribution in [2.24, 2.45) is 5.41 Å². The maximum Gasteiger partial charge on any atom is 0.309 e. The Hall–Kier alpha value is -3.53. The molecule has 0 amide bonds. The number of nitrogens with zero attached hydrogens (tertiary/aromatic N) is 3. The first kappa shape index (κ1) is 28.5. The van der Waals surface area contributed by atoms with Crippen molar-refractivity contribution < 1.29 is 32.5 Å². The minimum Gasteiger partial charge on any atom is -0.497 e. The summed E-state index contributed by atoms with van der Waals surface area (Å²) in [6.45, 7) is 1.50. The molecule has 0 unspecified atom stereocenters. The number of carboxylic acids is 1. The fourth-order valence-electron chi connectivity index (χ4n) is 5.29. The fourth-order valence-corrected chi connectivity index (χ4v) is 5.29. The summed E-state index contributed by atoms with van der Waals surface area (Å²) in [5, 5.41) is 11.2. The van der Waals surface area contributed by atoms with E-state index in [0.717, 1.165) is 34.0 Å². The fraction of sp³-hybridized carbons (Fsp3) is 0.448. The monoisotopic (exact) mass is 545 g/mol. The lowest BCUT2D eigenvalue weighted by molar-refractivity contribution is -0.152. The first-order chi connectivity index (χ1) is 18.6. The highest BCUT2D eigenvalue weighted by atomic mass is 19.2. The van der Waals surface area contributed by atoms with Gasteiger partial charge in [-0.3, -0.25) is 14.7 Å². The smallest absolute Gasteiger partial charge is 0.309 e. The average molecular weight is 546 g/mol. The van der Waals surface area contributed by atoms with Gasteiger partial charge in [0.2, 0.25) is 5.82 Å². The van der Waals surface area contributed by atoms with Gasteiger partial charge in [0.25, 0.3) is 0 Å². The van der Waals surface area contributed by atoms with Crippen molar-refractivity contribution in [3.05, 3.63) is 59.5 Å². The first-order valence-electron chi connectivity index (χ1n) is 13.0. The van der Waals surface area contributed by atoms with Crippen LogP contribution >= 0.6 is 0 Å². The second-order valence-corrected chi connectivity index (χ2v) is 10.2. The number of pyridine rings is 1. The van der Waals surface area contributed by atoms with E-state index in [9.17, 15) is 23.1 Å². The Morgan fingerprint density at radius 1 is 1.15 bits per heavy atom. The molecular formula is C29H34F3N3O4. The predicted octanol–water partition coefficient (Wildman–Crippen LogP) is 5.30. The highest BCUT2D eigenvalue weighted by molar-refractivity contribution is 5.88. The molecule has 1 fully saturated rings. The molecule has 1 aromatic heterocycles. The molecule has 39 heavy (non-hydrogen) atoms. The SMILES string of the molecule is COc1ccc2ncc(N(C)C)c(CCCC3(C(=O)O)CCN(CCOc4cc(F)cc(F)c4F)CC3)c2c1. The third kappa shape index (κ3) is 6.38. The van der Waals surface area contributed by atoms with E-state index in [1.54, 1.807) is 7.11 Å². The lowest BCUT2D eigenvalue weighted by Gasteiger charge is -2.39. The number of hydrogen-bond donors (Lipinski definition) is 1. The summed E-state index contributed by atoms with van der Waals surface area (Å²) in [6.07, 6.45) is 4.70. The third-order valence-electron chi connectivity index (χ3n) is 7.62. The molecule has 1 saturated heterocycles. The largest absolute Gasteiger partial charge is 0.497 e. The molecule has 1 N–H and O–H groups in total. The van der Waals surface area contributed by atoms with Crippen molar-refractivity contribution in [3.63, 3.8) is 0 Å². The number of aliphatic carboxylic acids is 1. The summed E-state index contributed by atoms with van der Waals surface area (Å²) < 4.78 is 51.3. The maximum absolute atomic E-state index is 13.8. The molecule has 0 bridgehead atoms. The van der Waals surface area contributed by atoms with Crippen LogP contribution in [-0.2, 0) is 11.2 Å². The van der Waals surface area contributed by atoms with Crippen LogP contribution < -0.4 is 14.4 Å². The molecule has 2 aromatic carbocycles. The zero-order chi connectivity index (χ0) is 28.2. The Labute approximate surface area is 226 Å².